The van der Waals surface area contributed by atoms with E-state index in [2.05, 4.69) is 0 Å². The van der Waals surface area contributed by atoms with Gasteiger partial charge in [0.2, 0.25) is 5.78 Å². The average Bonchev–Trinajstić information content (AvgIpc) is 2.96. The van der Waals surface area contributed by atoms with E-state index >= 15 is 0 Å². The molecule has 1 aromatic heterocycles. The fourth-order valence-electron chi connectivity index (χ4n) is 3.19. The van der Waals surface area contributed by atoms with Gasteiger partial charge in [0.1, 0.15) is 5.82 Å². The maximum absolute atomic E-state index is 13.1. The number of ether oxygens (including phenoxy) is 1. The van der Waals surface area contributed by atoms with E-state index in [0.29, 0.717) is 17.7 Å². The van der Waals surface area contributed by atoms with Gasteiger partial charge in [-0.1, -0.05) is 30.3 Å². The highest BCUT2D eigenvalue weighted by atomic mass is 19.1. The van der Waals surface area contributed by atoms with E-state index in [1.54, 1.807) is 30.3 Å². The van der Waals surface area contributed by atoms with Crippen LogP contribution < -0.4 is 0 Å². The van der Waals surface area contributed by atoms with E-state index in [-0.39, 0.29) is 18.2 Å². The topological polar surface area (TPSA) is 48.3 Å². The van der Waals surface area contributed by atoms with Crippen LogP contribution >= 0.6 is 0 Å². The molecule has 3 rings (SSSR count). The number of benzene rings is 2. The van der Waals surface area contributed by atoms with E-state index in [1.165, 1.54) is 12.1 Å². The first-order valence-corrected chi connectivity index (χ1v) is 9.04. The normalized spacial score (nSPS) is 10.7. The van der Waals surface area contributed by atoms with Gasteiger partial charge in [-0.15, -0.1) is 0 Å². The molecule has 144 valence electrons. The fraction of sp³-hybridized carbons (Fsp3) is 0.217. The molecule has 4 nitrogen and oxygen atoms in total. The maximum Gasteiger partial charge on any atom is 0.338 e. The summed E-state index contributed by atoms with van der Waals surface area (Å²) in [5.74, 6) is -1.04. The molecule has 2 aromatic carbocycles. The Morgan fingerprint density at radius 3 is 2.32 bits per heavy atom. The molecule has 0 aliphatic heterocycles. The van der Waals surface area contributed by atoms with Gasteiger partial charge < -0.3 is 9.30 Å². The molecule has 1 heterocycles. The Balaban J connectivity index is 1.71. The highest BCUT2D eigenvalue weighted by molar-refractivity contribution is 6.00. The van der Waals surface area contributed by atoms with Crippen molar-refractivity contribution in [3.05, 3.63) is 94.1 Å². The van der Waals surface area contributed by atoms with Gasteiger partial charge in [-0.2, -0.15) is 0 Å². The van der Waals surface area contributed by atoms with Crippen LogP contribution in [0.1, 0.15) is 43.2 Å². The molecular weight excluding hydrogens is 357 g/mol. The number of carbonyl (C=O) groups excluding carboxylic acids is 2. The fourth-order valence-corrected chi connectivity index (χ4v) is 3.19. The van der Waals surface area contributed by atoms with E-state index < -0.39 is 5.97 Å². The van der Waals surface area contributed by atoms with Crippen LogP contribution in [0.2, 0.25) is 0 Å². The van der Waals surface area contributed by atoms with Gasteiger partial charge in [0.25, 0.3) is 0 Å². The van der Waals surface area contributed by atoms with Crippen LogP contribution in [-0.4, -0.2) is 22.9 Å². The van der Waals surface area contributed by atoms with Crippen molar-refractivity contribution < 1.29 is 18.7 Å². The first-order valence-electron chi connectivity index (χ1n) is 9.04. The van der Waals surface area contributed by atoms with E-state index in [0.717, 1.165) is 22.5 Å². The molecule has 0 saturated carbocycles. The van der Waals surface area contributed by atoms with Gasteiger partial charge in [-0.3, -0.25) is 4.79 Å². The zero-order chi connectivity index (χ0) is 20.3. The molecule has 0 atom stereocenters. The number of aromatic nitrogens is 1. The van der Waals surface area contributed by atoms with Gasteiger partial charge in [0.15, 0.2) is 6.61 Å². The Kier molecular flexibility index (Phi) is 5.73. The summed E-state index contributed by atoms with van der Waals surface area (Å²) in [5.41, 5.74) is 4.43. The molecule has 0 N–H and O–H groups in total. The van der Waals surface area contributed by atoms with Crippen molar-refractivity contribution in [1.29, 1.82) is 0 Å². The molecule has 0 unspecified atom stereocenters. The maximum atomic E-state index is 13.1. The van der Waals surface area contributed by atoms with Crippen molar-refractivity contribution in [2.45, 2.75) is 27.3 Å². The lowest BCUT2D eigenvalue weighted by Crippen LogP contribution is -2.16. The first kappa shape index (κ1) is 19.5. The second-order valence-electron chi connectivity index (χ2n) is 6.81. The summed E-state index contributed by atoms with van der Waals surface area (Å²) in [4.78, 5) is 24.8. The van der Waals surface area contributed by atoms with Crippen molar-refractivity contribution in [3.63, 3.8) is 0 Å². The molecule has 0 radical (unpaired) electrons. The molecular formula is C23H22FNO3. The Bertz CT molecular complexity index is 1020. The number of ketones is 1. The number of carbonyl (C=O) groups is 2. The van der Waals surface area contributed by atoms with Crippen molar-refractivity contribution >= 4 is 11.8 Å². The third-order valence-corrected chi connectivity index (χ3v) is 4.83. The van der Waals surface area contributed by atoms with Crippen LogP contribution in [-0.2, 0) is 11.3 Å². The minimum absolute atomic E-state index is 0.250. The Morgan fingerprint density at radius 2 is 1.64 bits per heavy atom. The lowest BCUT2D eigenvalue weighted by atomic mass is 10.1. The van der Waals surface area contributed by atoms with Gasteiger partial charge in [0, 0.05) is 23.5 Å². The summed E-state index contributed by atoms with van der Waals surface area (Å²) >= 11 is 0. The molecule has 0 aliphatic rings. The number of hydrogen-bond donors (Lipinski definition) is 0. The number of hydrogen-bond acceptors (Lipinski definition) is 3. The van der Waals surface area contributed by atoms with E-state index in [1.807, 2.05) is 37.5 Å². The molecule has 0 fully saturated rings. The highest BCUT2D eigenvalue weighted by Crippen LogP contribution is 2.18. The van der Waals surface area contributed by atoms with Crippen LogP contribution in [0.15, 0.2) is 54.6 Å². The van der Waals surface area contributed by atoms with Crippen molar-refractivity contribution in [1.82, 2.24) is 4.57 Å². The number of esters is 1. The molecule has 0 spiro atoms. The number of Topliss-reactive ketones (excluding diaryl/α,β-unsaturated/α-hetero) is 1. The van der Waals surface area contributed by atoms with E-state index in [9.17, 15) is 14.0 Å². The monoisotopic (exact) mass is 379 g/mol. The van der Waals surface area contributed by atoms with Gasteiger partial charge >= 0.3 is 5.97 Å². The summed E-state index contributed by atoms with van der Waals surface area (Å²) in [6.07, 6.45) is 0. The third-order valence-electron chi connectivity index (χ3n) is 4.83. The highest BCUT2D eigenvalue weighted by Gasteiger charge is 2.18. The largest absolute Gasteiger partial charge is 0.454 e. The van der Waals surface area contributed by atoms with Crippen LogP contribution in [0.3, 0.4) is 0 Å². The summed E-state index contributed by atoms with van der Waals surface area (Å²) in [7, 11) is 0. The summed E-state index contributed by atoms with van der Waals surface area (Å²) in [6.45, 7) is 5.81. The molecule has 3 aromatic rings. The minimum Gasteiger partial charge on any atom is -0.454 e. The Labute approximate surface area is 163 Å². The van der Waals surface area contributed by atoms with Crippen LogP contribution in [0.4, 0.5) is 4.39 Å². The zero-order valence-corrected chi connectivity index (χ0v) is 16.2. The van der Waals surface area contributed by atoms with Crippen molar-refractivity contribution in [2.24, 2.45) is 0 Å². The number of nitrogens with zero attached hydrogens (tertiary/aromatic N) is 1. The van der Waals surface area contributed by atoms with Gasteiger partial charge in [-0.25, -0.2) is 9.18 Å². The Hall–Kier alpha value is -3.21. The number of rotatable bonds is 6. The zero-order valence-electron chi connectivity index (χ0n) is 16.2. The molecule has 0 bridgehead atoms. The molecule has 5 heteroatoms. The predicted octanol–water partition coefficient (Wildman–Crippen LogP) is 4.64. The number of halogens is 1. The smallest absolute Gasteiger partial charge is 0.338 e. The van der Waals surface area contributed by atoms with Crippen molar-refractivity contribution in [2.75, 3.05) is 6.61 Å². The summed E-state index contributed by atoms with van der Waals surface area (Å²) in [6, 6.07) is 15.2. The molecule has 0 aliphatic carbocycles. The number of aryl methyl sites for hydroxylation is 2. The van der Waals surface area contributed by atoms with Crippen LogP contribution in [0, 0.1) is 26.6 Å². The summed E-state index contributed by atoms with van der Waals surface area (Å²) in [5, 5.41) is 0. The molecule has 28 heavy (non-hydrogen) atoms. The standard InChI is InChI=1S/C23H22FNO3/c1-15-6-4-5-7-20(15)23(27)28-14-22(26)21-12-16(2)25(17(21)3)13-18-8-10-19(24)11-9-18/h4-12H,13-14H2,1-3H3. The SMILES string of the molecule is Cc1ccccc1C(=O)OCC(=O)c1cc(C)n(Cc2ccc(F)cc2)c1C. The first-order chi connectivity index (χ1) is 13.4. The van der Waals surface area contributed by atoms with E-state index in [4.69, 9.17) is 4.74 Å². The minimum atomic E-state index is -0.508. The van der Waals surface area contributed by atoms with Crippen molar-refractivity contribution in [3.8, 4) is 0 Å². The van der Waals surface area contributed by atoms with Gasteiger partial charge in [-0.05, 0) is 56.2 Å². The predicted molar refractivity (Wildman–Crippen MR) is 105 cm³/mol. The molecule has 0 amide bonds. The second kappa shape index (κ2) is 8.21. The van der Waals surface area contributed by atoms with Crippen LogP contribution in [0.25, 0.3) is 0 Å². The lowest BCUT2D eigenvalue weighted by molar-refractivity contribution is 0.0474. The second-order valence-corrected chi connectivity index (χ2v) is 6.81. The quantitative estimate of drug-likeness (QED) is 0.463. The third kappa shape index (κ3) is 4.19. The Morgan fingerprint density at radius 1 is 0.964 bits per heavy atom. The average molecular weight is 379 g/mol. The van der Waals surface area contributed by atoms with Crippen LogP contribution in [0.5, 0.6) is 0 Å². The summed E-state index contributed by atoms with van der Waals surface area (Å²) < 4.78 is 20.3. The lowest BCUT2D eigenvalue weighted by Gasteiger charge is -2.10. The van der Waals surface area contributed by atoms with Gasteiger partial charge in [0.05, 0.1) is 5.56 Å². The molecule has 0 saturated heterocycles.